The maximum Gasteiger partial charge on any atom is 0.232 e. The van der Waals surface area contributed by atoms with Gasteiger partial charge in [-0.05, 0) is 12.1 Å². The van der Waals surface area contributed by atoms with Gasteiger partial charge in [0.15, 0.2) is 16.6 Å². The second-order valence-electron chi connectivity index (χ2n) is 2.04. The molecule has 0 heterocycles. The van der Waals surface area contributed by atoms with Gasteiger partial charge in [-0.1, -0.05) is 21.3 Å². The number of carbonyl (C=O) groups excluding carboxylic acids is 1. The highest BCUT2D eigenvalue weighted by Gasteiger charge is 2.03. The van der Waals surface area contributed by atoms with Crippen molar-refractivity contribution in [2.75, 3.05) is 0 Å². The van der Waals surface area contributed by atoms with Crippen LogP contribution >= 0.6 is 9.24 Å². The first-order chi connectivity index (χ1) is 6.56. The first-order valence-electron chi connectivity index (χ1n) is 3.93. The summed E-state index contributed by atoms with van der Waals surface area (Å²) in [6.07, 6.45) is 0. The van der Waals surface area contributed by atoms with Crippen molar-refractivity contribution >= 4 is 25.8 Å². The fraction of sp³-hybridized carbons (Fsp3) is 0. The molecule has 64 valence electrons. The van der Waals surface area contributed by atoms with Gasteiger partial charge in [0.2, 0.25) is 1.43 Å². The van der Waals surface area contributed by atoms with Gasteiger partial charge in [-0.3, -0.25) is 4.79 Å². The van der Waals surface area contributed by atoms with Gasteiger partial charge in [-0.15, -0.1) is 0 Å². The van der Waals surface area contributed by atoms with Crippen molar-refractivity contribution in [1.82, 2.24) is 0 Å². The van der Waals surface area contributed by atoms with Crippen LogP contribution in [0.2, 0.25) is 0 Å². The van der Waals surface area contributed by atoms with E-state index in [4.69, 9.17) is 2.80 Å². The van der Waals surface area contributed by atoms with Crippen LogP contribution in [0.15, 0.2) is 29.1 Å². The van der Waals surface area contributed by atoms with E-state index in [-0.39, 0.29) is 22.0 Å². The van der Waals surface area contributed by atoms with Crippen molar-refractivity contribution in [2.24, 2.45) is 0 Å². The number of rotatable bonds is 3. The molecule has 1 aromatic rings. The zero-order chi connectivity index (χ0) is 10.7. The van der Waals surface area contributed by atoms with E-state index >= 15 is 0 Å². The Kier molecular flexibility index (Phi) is 2.24. The Labute approximate surface area is 77.6 Å². The molecule has 0 saturated heterocycles. The molecule has 5 heteroatoms. The van der Waals surface area contributed by atoms with Crippen LogP contribution in [0.3, 0.4) is 0 Å². The SMILES string of the molecule is [2H]OS(=O)c1ccc([2H])c(C(=O)P)c1. The summed E-state index contributed by atoms with van der Waals surface area (Å²) in [5, 5.41) is 0. The molecule has 1 rings (SSSR count). The fourth-order valence-corrected chi connectivity index (χ4v) is 1.25. The molecule has 0 amide bonds. The molecule has 0 aromatic heterocycles. The Morgan fingerprint density at radius 2 is 2.58 bits per heavy atom. The smallest absolute Gasteiger partial charge is 0.232 e. The molecule has 0 bridgehead atoms. The van der Waals surface area contributed by atoms with Gasteiger partial charge >= 0.3 is 0 Å². The Morgan fingerprint density at radius 3 is 3.17 bits per heavy atom. The van der Waals surface area contributed by atoms with E-state index < -0.39 is 11.1 Å². The Balaban J connectivity index is 3.19. The van der Waals surface area contributed by atoms with E-state index in [2.05, 4.69) is 4.56 Å². The van der Waals surface area contributed by atoms with Crippen LogP contribution in [0.1, 0.15) is 11.7 Å². The highest BCUT2D eigenvalue weighted by atomic mass is 32.2. The van der Waals surface area contributed by atoms with Gasteiger partial charge in [-0.2, -0.15) is 0 Å². The second kappa shape index (κ2) is 3.90. The summed E-state index contributed by atoms with van der Waals surface area (Å²) >= 11 is -1.90. The molecule has 0 aliphatic rings. The van der Waals surface area contributed by atoms with Crippen molar-refractivity contribution < 1.29 is 14.9 Å². The van der Waals surface area contributed by atoms with Crippen LogP contribution in [-0.2, 0) is 11.1 Å². The zero-order valence-electron chi connectivity index (χ0n) is 7.94. The molecule has 2 atom stereocenters. The summed E-state index contributed by atoms with van der Waals surface area (Å²) in [6.45, 7) is 0. The largest absolute Gasteiger partial charge is 0.302 e. The monoisotopic (exact) mass is 204 g/mol. The molecule has 1 aromatic carbocycles. The predicted molar refractivity (Wildman–Crippen MR) is 49.5 cm³/mol. The summed E-state index contributed by atoms with van der Waals surface area (Å²) in [7, 11) is 1.93. The standard InChI is InChI=1S/C7H7O3PS/c8-7(11)5-2-1-3-6(4-5)12(9)10/h1-4H,11H2,(H,9,10)/i2D/hD. The third-order valence-corrected chi connectivity index (χ3v) is 2.18. The number of carbonyl (C=O) groups is 1. The lowest BCUT2D eigenvalue weighted by Crippen LogP contribution is -1.92. The van der Waals surface area contributed by atoms with Crippen LogP contribution in [0, 0.1) is 0 Å². The van der Waals surface area contributed by atoms with Gasteiger partial charge in [-0.25, -0.2) is 4.21 Å². The number of hydrogen-bond donors (Lipinski definition) is 1. The lowest BCUT2D eigenvalue weighted by molar-refractivity contribution is 0.108. The van der Waals surface area contributed by atoms with E-state index in [0.717, 1.165) is 0 Å². The highest BCUT2D eigenvalue weighted by Crippen LogP contribution is 2.11. The van der Waals surface area contributed by atoms with Crippen molar-refractivity contribution in [1.29, 1.82) is 1.43 Å². The molecular formula is C7H7O3PS. The second-order valence-corrected chi connectivity index (χ2v) is 3.50. The molecule has 1 N–H and O–H groups in total. The van der Waals surface area contributed by atoms with Crippen LogP contribution < -0.4 is 0 Å². The molecule has 3 nitrogen and oxygen atoms in total. The Morgan fingerprint density at radius 1 is 1.83 bits per heavy atom. The molecule has 12 heavy (non-hydrogen) atoms. The average Bonchev–Trinajstić information content (AvgIpc) is 2.17. The first-order valence-corrected chi connectivity index (χ1v) is 4.67. The van der Waals surface area contributed by atoms with E-state index in [9.17, 15) is 9.00 Å². The van der Waals surface area contributed by atoms with Gasteiger partial charge in [0.25, 0.3) is 0 Å². The molecule has 0 radical (unpaired) electrons. The third kappa shape index (κ3) is 2.21. The topological polar surface area (TPSA) is 54.4 Å². The summed E-state index contributed by atoms with van der Waals surface area (Å²) in [5.74, 6) is 0. The van der Waals surface area contributed by atoms with Crippen molar-refractivity contribution in [3.05, 3.63) is 29.8 Å². The van der Waals surface area contributed by atoms with Gasteiger partial charge in [0, 0.05) is 5.56 Å². The molecule has 0 aliphatic heterocycles. The van der Waals surface area contributed by atoms with Crippen LogP contribution in [0.4, 0.5) is 0 Å². The third-order valence-electron chi connectivity index (χ3n) is 1.23. The molecule has 2 unspecified atom stereocenters. The zero-order valence-corrected chi connectivity index (χ0v) is 7.91. The fourth-order valence-electron chi connectivity index (χ4n) is 0.692. The lowest BCUT2D eigenvalue weighted by atomic mass is 10.2. The van der Waals surface area contributed by atoms with Gasteiger partial charge in [0.1, 0.15) is 0 Å². The van der Waals surface area contributed by atoms with E-state index in [0.29, 0.717) is 0 Å². The Bertz CT molecular complexity index is 397. The van der Waals surface area contributed by atoms with E-state index in [1.165, 1.54) is 18.2 Å². The average molecular weight is 204 g/mol. The predicted octanol–water partition coefficient (Wildman–Crippen LogP) is 1.28. The molecule has 0 aliphatic carbocycles. The minimum atomic E-state index is -1.90. The van der Waals surface area contributed by atoms with Crippen LogP contribution in [-0.4, -0.2) is 14.3 Å². The summed E-state index contributed by atoms with van der Waals surface area (Å²) in [5.41, 5.74) is -0.225. The Hall–Kier alpha value is -0.570. The molecule has 0 fully saturated rings. The van der Waals surface area contributed by atoms with Crippen molar-refractivity contribution in [2.45, 2.75) is 4.90 Å². The number of benzene rings is 1. The van der Waals surface area contributed by atoms with Crippen molar-refractivity contribution in [3.63, 3.8) is 0 Å². The highest BCUT2D eigenvalue weighted by molar-refractivity contribution is 7.79. The van der Waals surface area contributed by atoms with Gasteiger partial charge in [0.05, 0.1) is 6.27 Å². The molecular weight excluding hydrogens is 195 g/mol. The normalized spacial score (nSPS) is 14.8. The van der Waals surface area contributed by atoms with Crippen LogP contribution in [0.5, 0.6) is 0 Å². The van der Waals surface area contributed by atoms with Crippen LogP contribution in [0.25, 0.3) is 1.43 Å². The summed E-state index contributed by atoms with van der Waals surface area (Å²) < 4.78 is 28.7. The number of hydrogen-bond acceptors (Lipinski definition) is 3. The first kappa shape index (κ1) is 6.89. The minimum absolute atomic E-state index is 0.0516. The summed E-state index contributed by atoms with van der Waals surface area (Å²) in [6, 6.07) is 4.05. The summed E-state index contributed by atoms with van der Waals surface area (Å²) in [4.78, 5) is 11.2. The molecule has 0 spiro atoms. The quantitative estimate of drug-likeness (QED) is 0.596. The van der Waals surface area contributed by atoms with E-state index in [1.807, 2.05) is 9.24 Å². The van der Waals surface area contributed by atoms with E-state index in [1.54, 1.807) is 0 Å². The molecule has 0 saturated carbocycles. The minimum Gasteiger partial charge on any atom is -0.302 e. The maximum absolute atomic E-state index is 11.0. The van der Waals surface area contributed by atoms with Gasteiger partial charge < -0.3 is 4.56 Å². The van der Waals surface area contributed by atoms with Crippen molar-refractivity contribution in [3.8, 4) is 0 Å². The maximum atomic E-state index is 11.0. The lowest BCUT2D eigenvalue weighted by Gasteiger charge is -1.96.